The van der Waals surface area contributed by atoms with Crippen LogP contribution in [0.5, 0.6) is 0 Å². The Kier molecular flexibility index (Phi) is 1.43. The van der Waals surface area contributed by atoms with Crippen molar-refractivity contribution in [2.75, 3.05) is 0 Å². The number of terminal acetylenes is 2. The lowest BCUT2D eigenvalue weighted by molar-refractivity contribution is 1.36. The number of rotatable bonds is 0. The summed E-state index contributed by atoms with van der Waals surface area (Å²) in [5.74, 6) is 5.06. The highest BCUT2D eigenvalue weighted by Gasteiger charge is 1.99. The second-order valence-electron chi connectivity index (χ2n) is 1.82. The van der Waals surface area contributed by atoms with Crippen LogP contribution in [0, 0.1) is 24.7 Å². The van der Waals surface area contributed by atoms with Gasteiger partial charge in [0.15, 0.2) is 0 Å². The van der Waals surface area contributed by atoms with E-state index in [9.17, 15) is 0 Å². The Morgan fingerprint density at radius 3 is 2.44 bits per heavy atom. The maximum absolute atomic E-state index is 5.13. The van der Waals surface area contributed by atoms with Crippen LogP contribution < -0.4 is 0 Å². The number of hydrogen-bond acceptors (Lipinski definition) is 0. The lowest BCUT2D eigenvalue weighted by Gasteiger charge is -1.79. The molecule has 0 aromatic rings. The number of allylic oxidation sites excluding steroid dienone is 4. The Morgan fingerprint density at radius 1 is 1.33 bits per heavy atom. The summed E-state index contributed by atoms with van der Waals surface area (Å²) in [6.07, 6.45) is 14.9. The van der Waals surface area contributed by atoms with Gasteiger partial charge in [-0.25, -0.2) is 0 Å². The molecule has 0 nitrogen and oxygen atoms in total. The molecule has 1 rings (SSSR count). The minimum Gasteiger partial charge on any atom is -0.115 e. The Hall–Kier alpha value is -1.40. The highest BCUT2D eigenvalue weighted by Crippen LogP contribution is 2.14. The average Bonchev–Trinajstić information content (AvgIpc) is 2.34. The lowest BCUT2D eigenvalue weighted by Crippen LogP contribution is -1.65. The SMILES string of the molecule is C#CC1=CCC(C#C)=C1. The van der Waals surface area contributed by atoms with Gasteiger partial charge in [0.2, 0.25) is 0 Å². The zero-order valence-corrected chi connectivity index (χ0v) is 5.02. The smallest absolute Gasteiger partial charge is 0.0215 e. The van der Waals surface area contributed by atoms with Crippen molar-refractivity contribution in [1.82, 2.24) is 0 Å². The molecule has 1 aliphatic carbocycles. The second-order valence-corrected chi connectivity index (χ2v) is 1.82. The summed E-state index contributed by atoms with van der Waals surface area (Å²) < 4.78 is 0. The minimum atomic E-state index is 0.829. The van der Waals surface area contributed by atoms with Crippen molar-refractivity contribution < 1.29 is 0 Å². The third kappa shape index (κ3) is 1.04. The lowest BCUT2D eigenvalue weighted by atomic mass is 10.2. The van der Waals surface area contributed by atoms with Crippen LogP contribution in [0.15, 0.2) is 23.3 Å². The Morgan fingerprint density at radius 2 is 2.11 bits per heavy atom. The molecule has 0 saturated heterocycles. The van der Waals surface area contributed by atoms with Gasteiger partial charge in [0, 0.05) is 11.1 Å². The maximum atomic E-state index is 5.13. The highest BCUT2D eigenvalue weighted by atomic mass is 14.0. The molecule has 0 saturated carbocycles. The molecule has 0 heterocycles. The van der Waals surface area contributed by atoms with Crippen LogP contribution in [0.2, 0.25) is 0 Å². The van der Waals surface area contributed by atoms with Crippen molar-refractivity contribution in [3.63, 3.8) is 0 Å². The van der Waals surface area contributed by atoms with Crippen LogP contribution in [-0.2, 0) is 0 Å². The van der Waals surface area contributed by atoms with Gasteiger partial charge >= 0.3 is 0 Å². The predicted octanol–water partition coefficient (Wildman–Crippen LogP) is 1.51. The van der Waals surface area contributed by atoms with Crippen LogP contribution in [0.25, 0.3) is 0 Å². The first-order chi connectivity index (χ1) is 4.36. The molecule has 0 bridgehead atoms. The first kappa shape index (κ1) is 5.73. The summed E-state index contributed by atoms with van der Waals surface area (Å²) in [4.78, 5) is 0. The average molecular weight is 114 g/mol. The molecular formula is C9H6. The molecule has 0 radical (unpaired) electrons. The van der Waals surface area contributed by atoms with Gasteiger partial charge in [0.25, 0.3) is 0 Å². The molecular weight excluding hydrogens is 108 g/mol. The van der Waals surface area contributed by atoms with E-state index in [2.05, 4.69) is 11.8 Å². The first-order valence-electron chi connectivity index (χ1n) is 2.71. The van der Waals surface area contributed by atoms with Crippen molar-refractivity contribution in [2.24, 2.45) is 0 Å². The largest absolute Gasteiger partial charge is 0.115 e. The van der Waals surface area contributed by atoms with Gasteiger partial charge in [0.05, 0.1) is 0 Å². The standard InChI is InChI=1S/C9H6/c1-3-8-5-6-9(4-2)7-8/h1-2,5,7H,6H2. The van der Waals surface area contributed by atoms with Gasteiger partial charge in [-0.05, 0) is 12.5 Å². The zero-order valence-electron chi connectivity index (χ0n) is 5.02. The fourth-order valence-corrected chi connectivity index (χ4v) is 0.727. The van der Waals surface area contributed by atoms with Gasteiger partial charge in [-0.2, -0.15) is 0 Å². The zero-order chi connectivity index (χ0) is 6.69. The molecule has 0 unspecified atom stereocenters. The summed E-state index contributed by atoms with van der Waals surface area (Å²) >= 11 is 0. The Bertz CT molecular complexity index is 251. The minimum absolute atomic E-state index is 0.829. The van der Waals surface area contributed by atoms with Gasteiger partial charge in [-0.1, -0.05) is 17.9 Å². The van der Waals surface area contributed by atoms with Crippen LogP contribution in [0.4, 0.5) is 0 Å². The van der Waals surface area contributed by atoms with Gasteiger partial charge < -0.3 is 0 Å². The van der Waals surface area contributed by atoms with Crippen molar-refractivity contribution in [3.8, 4) is 24.7 Å². The van der Waals surface area contributed by atoms with E-state index < -0.39 is 0 Å². The molecule has 0 atom stereocenters. The van der Waals surface area contributed by atoms with Crippen molar-refractivity contribution in [3.05, 3.63) is 23.3 Å². The molecule has 0 spiro atoms. The van der Waals surface area contributed by atoms with E-state index in [1.165, 1.54) is 0 Å². The monoisotopic (exact) mass is 114 g/mol. The van der Waals surface area contributed by atoms with Crippen LogP contribution in [-0.4, -0.2) is 0 Å². The van der Waals surface area contributed by atoms with Gasteiger partial charge in [0.1, 0.15) is 0 Å². The van der Waals surface area contributed by atoms with E-state index in [1.54, 1.807) is 0 Å². The number of hydrogen-bond donors (Lipinski definition) is 0. The molecule has 0 fully saturated rings. The van der Waals surface area contributed by atoms with E-state index >= 15 is 0 Å². The van der Waals surface area contributed by atoms with E-state index in [0.29, 0.717) is 0 Å². The quantitative estimate of drug-likeness (QED) is 0.419. The molecule has 0 amide bonds. The maximum Gasteiger partial charge on any atom is 0.0215 e. The molecule has 0 aromatic carbocycles. The Balaban J connectivity index is 2.80. The molecule has 0 N–H and O–H groups in total. The third-order valence-electron chi connectivity index (χ3n) is 1.22. The van der Waals surface area contributed by atoms with Crippen LogP contribution in [0.3, 0.4) is 0 Å². The molecule has 9 heavy (non-hydrogen) atoms. The summed E-state index contributed by atoms with van der Waals surface area (Å²) in [5.41, 5.74) is 1.88. The molecule has 1 aliphatic rings. The van der Waals surface area contributed by atoms with E-state index in [-0.39, 0.29) is 0 Å². The fraction of sp³-hybridized carbons (Fsp3) is 0.111. The highest BCUT2D eigenvalue weighted by molar-refractivity contribution is 5.49. The first-order valence-corrected chi connectivity index (χ1v) is 2.71. The Labute approximate surface area is 55.3 Å². The second kappa shape index (κ2) is 2.25. The summed E-state index contributed by atoms with van der Waals surface area (Å²) in [7, 11) is 0. The molecule has 0 aromatic heterocycles. The summed E-state index contributed by atoms with van der Waals surface area (Å²) in [6, 6.07) is 0. The van der Waals surface area contributed by atoms with E-state index in [0.717, 1.165) is 17.6 Å². The summed E-state index contributed by atoms with van der Waals surface area (Å²) in [5, 5.41) is 0. The normalized spacial score (nSPS) is 15.3. The fourth-order valence-electron chi connectivity index (χ4n) is 0.727. The summed E-state index contributed by atoms with van der Waals surface area (Å²) in [6.45, 7) is 0. The van der Waals surface area contributed by atoms with Gasteiger partial charge in [-0.15, -0.1) is 12.8 Å². The third-order valence-corrected chi connectivity index (χ3v) is 1.22. The molecule has 42 valence electrons. The molecule has 0 aliphatic heterocycles. The predicted molar refractivity (Wildman–Crippen MR) is 38.4 cm³/mol. The van der Waals surface area contributed by atoms with Gasteiger partial charge in [-0.3, -0.25) is 0 Å². The van der Waals surface area contributed by atoms with Crippen molar-refractivity contribution >= 4 is 0 Å². The molecule has 0 heteroatoms. The van der Waals surface area contributed by atoms with Crippen molar-refractivity contribution in [2.45, 2.75) is 6.42 Å². The van der Waals surface area contributed by atoms with E-state index in [4.69, 9.17) is 12.8 Å². The van der Waals surface area contributed by atoms with Crippen LogP contribution in [0.1, 0.15) is 6.42 Å². The topological polar surface area (TPSA) is 0 Å². The van der Waals surface area contributed by atoms with E-state index in [1.807, 2.05) is 12.2 Å². The van der Waals surface area contributed by atoms with Crippen molar-refractivity contribution in [1.29, 1.82) is 0 Å². The van der Waals surface area contributed by atoms with Crippen LogP contribution >= 0.6 is 0 Å².